The van der Waals surface area contributed by atoms with Gasteiger partial charge in [0.1, 0.15) is 0 Å². The molecule has 108 valence electrons. The predicted molar refractivity (Wildman–Crippen MR) is 87.9 cm³/mol. The molecule has 0 aliphatic heterocycles. The molecule has 2 rings (SSSR count). The fourth-order valence-corrected chi connectivity index (χ4v) is 2.53. The van der Waals surface area contributed by atoms with E-state index < -0.39 is 0 Å². The number of pyridine rings is 1. The Bertz CT molecular complexity index is 540. The molecular weight excluding hydrogens is 291 g/mol. The normalized spacial score (nSPS) is 13.4. The molecule has 0 bridgehead atoms. The zero-order valence-corrected chi connectivity index (χ0v) is 13.3. The maximum Gasteiger partial charge on any atom is 0.0406 e. The van der Waals surface area contributed by atoms with Gasteiger partial charge in [-0.15, -0.1) is 12.4 Å². The molecule has 2 N–H and O–H groups in total. The van der Waals surface area contributed by atoms with Crippen molar-refractivity contribution in [2.45, 2.75) is 25.7 Å². The second-order valence-electron chi connectivity index (χ2n) is 4.98. The number of halogens is 2. The number of rotatable bonds is 4. The van der Waals surface area contributed by atoms with Crippen molar-refractivity contribution >= 4 is 24.0 Å². The minimum absolute atomic E-state index is 0. The molecule has 0 aliphatic carbocycles. The lowest BCUT2D eigenvalue weighted by molar-refractivity contribution is 0.582. The van der Waals surface area contributed by atoms with E-state index in [2.05, 4.69) is 37.0 Å². The van der Waals surface area contributed by atoms with Crippen molar-refractivity contribution in [1.29, 1.82) is 0 Å². The SMILES string of the molecule is Cc1cncc(C(CN)C(C)c2ccc(Cl)cc2)c1.Cl. The van der Waals surface area contributed by atoms with Crippen molar-refractivity contribution in [3.05, 3.63) is 64.4 Å². The van der Waals surface area contributed by atoms with E-state index in [1.807, 2.05) is 24.5 Å². The van der Waals surface area contributed by atoms with Crippen molar-refractivity contribution < 1.29 is 0 Å². The molecule has 1 heterocycles. The Morgan fingerprint density at radius 2 is 1.80 bits per heavy atom. The van der Waals surface area contributed by atoms with Gasteiger partial charge in [0.05, 0.1) is 0 Å². The van der Waals surface area contributed by atoms with Crippen LogP contribution < -0.4 is 5.73 Å². The van der Waals surface area contributed by atoms with Gasteiger partial charge in [-0.05, 0) is 48.2 Å². The van der Waals surface area contributed by atoms with Crippen molar-refractivity contribution in [2.24, 2.45) is 5.73 Å². The summed E-state index contributed by atoms with van der Waals surface area (Å²) in [4.78, 5) is 4.27. The quantitative estimate of drug-likeness (QED) is 0.913. The molecule has 2 unspecified atom stereocenters. The van der Waals surface area contributed by atoms with Crippen molar-refractivity contribution in [3.63, 3.8) is 0 Å². The van der Waals surface area contributed by atoms with Crippen molar-refractivity contribution in [2.75, 3.05) is 6.54 Å². The molecule has 0 aliphatic rings. The molecule has 0 saturated carbocycles. The van der Waals surface area contributed by atoms with Crippen LogP contribution in [0.25, 0.3) is 0 Å². The third kappa shape index (κ3) is 3.95. The van der Waals surface area contributed by atoms with Crippen LogP contribution in [-0.2, 0) is 0 Å². The Labute approximate surface area is 131 Å². The highest BCUT2D eigenvalue weighted by Gasteiger charge is 2.20. The van der Waals surface area contributed by atoms with Gasteiger partial charge in [-0.25, -0.2) is 0 Å². The standard InChI is InChI=1S/C16H19ClN2.ClH/c1-11-7-14(10-19-9-11)16(8-18)12(2)13-3-5-15(17)6-4-13;/h3-7,9-10,12,16H,8,18H2,1-2H3;1H. The van der Waals surface area contributed by atoms with Crippen LogP contribution >= 0.6 is 24.0 Å². The average molecular weight is 311 g/mol. The van der Waals surface area contributed by atoms with Gasteiger partial charge in [0.2, 0.25) is 0 Å². The lowest BCUT2D eigenvalue weighted by Crippen LogP contribution is -2.18. The fraction of sp³-hybridized carbons (Fsp3) is 0.312. The van der Waals surface area contributed by atoms with E-state index in [0.717, 1.165) is 5.02 Å². The fourth-order valence-electron chi connectivity index (χ4n) is 2.41. The number of benzene rings is 1. The van der Waals surface area contributed by atoms with Gasteiger partial charge in [0, 0.05) is 23.3 Å². The highest BCUT2D eigenvalue weighted by Crippen LogP contribution is 2.32. The predicted octanol–water partition coefficient (Wildman–Crippen LogP) is 4.31. The Morgan fingerprint density at radius 1 is 1.15 bits per heavy atom. The first-order valence-corrected chi connectivity index (χ1v) is 6.86. The molecule has 0 spiro atoms. The highest BCUT2D eigenvalue weighted by molar-refractivity contribution is 6.30. The topological polar surface area (TPSA) is 38.9 Å². The van der Waals surface area contributed by atoms with E-state index in [1.165, 1.54) is 16.7 Å². The molecule has 20 heavy (non-hydrogen) atoms. The van der Waals surface area contributed by atoms with Crippen LogP contribution in [0.3, 0.4) is 0 Å². The summed E-state index contributed by atoms with van der Waals surface area (Å²) >= 11 is 5.93. The lowest BCUT2D eigenvalue weighted by atomic mass is 9.83. The van der Waals surface area contributed by atoms with Gasteiger partial charge in [-0.2, -0.15) is 0 Å². The summed E-state index contributed by atoms with van der Waals surface area (Å²) in [6.45, 7) is 4.86. The molecular formula is C16H20Cl2N2. The van der Waals surface area contributed by atoms with E-state index in [0.29, 0.717) is 12.5 Å². The van der Waals surface area contributed by atoms with Crippen molar-refractivity contribution in [1.82, 2.24) is 4.98 Å². The molecule has 0 amide bonds. The van der Waals surface area contributed by atoms with Crippen LogP contribution in [0.1, 0.15) is 35.4 Å². The minimum atomic E-state index is 0. The Hall–Kier alpha value is -1.09. The summed E-state index contributed by atoms with van der Waals surface area (Å²) in [5.41, 5.74) is 9.59. The number of aryl methyl sites for hydroxylation is 1. The third-order valence-electron chi connectivity index (χ3n) is 3.58. The molecule has 1 aromatic heterocycles. The second kappa shape index (κ2) is 7.63. The number of hydrogen-bond donors (Lipinski definition) is 1. The monoisotopic (exact) mass is 310 g/mol. The maximum atomic E-state index is 5.97. The van der Waals surface area contributed by atoms with E-state index in [1.54, 1.807) is 0 Å². The number of nitrogens with two attached hydrogens (primary N) is 1. The van der Waals surface area contributed by atoms with Crippen LogP contribution in [-0.4, -0.2) is 11.5 Å². The zero-order chi connectivity index (χ0) is 13.8. The number of aromatic nitrogens is 1. The summed E-state index contributed by atoms with van der Waals surface area (Å²) in [6, 6.07) is 10.2. The first kappa shape index (κ1) is 17.0. The number of hydrogen-bond acceptors (Lipinski definition) is 2. The molecule has 0 radical (unpaired) electrons. The van der Waals surface area contributed by atoms with Gasteiger partial charge in [0.15, 0.2) is 0 Å². The van der Waals surface area contributed by atoms with Crippen LogP contribution in [0, 0.1) is 6.92 Å². The van der Waals surface area contributed by atoms with Gasteiger partial charge < -0.3 is 5.73 Å². The molecule has 0 fully saturated rings. The van der Waals surface area contributed by atoms with E-state index in [-0.39, 0.29) is 18.3 Å². The van der Waals surface area contributed by atoms with Crippen molar-refractivity contribution in [3.8, 4) is 0 Å². The molecule has 0 saturated heterocycles. The van der Waals surface area contributed by atoms with Gasteiger partial charge >= 0.3 is 0 Å². The molecule has 2 aromatic rings. The second-order valence-corrected chi connectivity index (χ2v) is 5.41. The van der Waals surface area contributed by atoms with Gasteiger partial charge in [-0.3, -0.25) is 4.98 Å². The largest absolute Gasteiger partial charge is 0.330 e. The van der Waals surface area contributed by atoms with Crippen LogP contribution in [0.5, 0.6) is 0 Å². The van der Waals surface area contributed by atoms with Gasteiger partial charge in [-0.1, -0.05) is 36.7 Å². The Kier molecular flexibility index (Phi) is 6.47. The first-order valence-electron chi connectivity index (χ1n) is 6.49. The summed E-state index contributed by atoms with van der Waals surface area (Å²) in [6.07, 6.45) is 3.78. The maximum absolute atomic E-state index is 5.97. The van der Waals surface area contributed by atoms with Crippen LogP contribution in [0.4, 0.5) is 0 Å². The van der Waals surface area contributed by atoms with E-state index in [9.17, 15) is 0 Å². The summed E-state index contributed by atoms with van der Waals surface area (Å²) < 4.78 is 0. The van der Waals surface area contributed by atoms with E-state index in [4.69, 9.17) is 17.3 Å². The first-order chi connectivity index (χ1) is 9.11. The lowest BCUT2D eigenvalue weighted by Gasteiger charge is -2.23. The third-order valence-corrected chi connectivity index (χ3v) is 3.83. The molecule has 1 aromatic carbocycles. The van der Waals surface area contributed by atoms with E-state index >= 15 is 0 Å². The zero-order valence-electron chi connectivity index (χ0n) is 11.7. The Balaban J connectivity index is 0.00000200. The highest BCUT2D eigenvalue weighted by atomic mass is 35.5. The summed E-state index contributed by atoms with van der Waals surface area (Å²) in [7, 11) is 0. The number of nitrogens with zero attached hydrogens (tertiary/aromatic N) is 1. The summed E-state index contributed by atoms with van der Waals surface area (Å²) in [5, 5.41) is 0.762. The molecule has 2 atom stereocenters. The minimum Gasteiger partial charge on any atom is -0.330 e. The van der Waals surface area contributed by atoms with Crippen LogP contribution in [0.2, 0.25) is 5.02 Å². The molecule has 2 nitrogen and oxygen atoms in total. The summed E-state index contributed by atoms with van der Waals surface area (Å²) in [5.74, 6) is 0.611. The van der Waals surface area contributed by atoms with Crippen LogP contribution in [0.15, 0.2) is 42.7 Å². The Morgan fingerprint density at radius 3 is 2.35 bits per heavy atom. The average Bonchev–Trinajstić information content (AvgIpc) is 2.40. The van der Waals surface area contributed by atoms with Gasteiger partial charge in [0.25, 0.3) is 0 Å². The smallest absolute Gasteiger partial charge is 0.0406 e. The molecule has 4 heteroatoms.